The number of imidazole rings is 1. The molecule has 0 bridgehead atoms. The van der Waals surface area contributed by atoms with Crippen LogP contribution in [-0.4, -0.2) is 51.0 Å². The summed E-state index contributed by atoms with van der Waals surface area (Å²) in [6.07, 6.45) is 0.535. The predicted octanol–water partition coefficient (Wildman–Crippen LogP) is 4.88. The Balaban J connectivity index is 1.54. The first-order valence-corrected chi connectivity index (χ1v) is 12.8. The molecule has 8 nitrogen and oxygen atoms in total. The van der Waals surface area contributed by atoms with Crippen LogP contribution >= 0.6 is 0 Å². The molecule has 0 spiro atoms. The molecule has 2 atom stereocenters. The van der Waals surface area contributed by atoms with Crippen LogP contribution in [0, 0.1) is 12.8 Å². The standard InChI is InChI=1S/C29H28F3N3O5/c1-17-15-34(16-33-17)23-10-9-19(13-25(23)39-2)12-21(11-18-7-8-18)27(37)35(40-28(38)29(30,31)32)26-22-6-4-3-5-20(22)14-24(26)36/h3-6,9-10,12-13,15-16,18,24,26,36H,7-8,11,14H2,1-2H3/b21-12+/t24-,26+/m0/s1. The molecule has 2 aliphatic carbocycles. The third-order valence-corrected chi connectivity index (χ3v) is 7.05. The molecule has 1 fully saturated rings. The molecule has 5 rings (SSSR count). The van der Waals surface area contributed by atoms with Crippen molar-refractivity contribution in [3.63, 3.8) is 0 Å². The van der Waals surface area contributed by atoms with Crippen LogP contribution in [0.15, 0.2) is 60.6 Å². The maximum Gasteiger partial charge on any atom is 0.493 e. The monoisotopic (exact) mass is 555 g/mol. The fourth-order valence-corrected chi connectivity index (χ4v) is 4.94. The Morgan fingerprint density at radius 2 is 1.95 bits per heavy atom. The summed E-state index contributed by atoms with van der Waals surface area (Å²) < 4.78 is 47.2. The van der Waals surface area contributed by atoms with Gasteiger partial charge in [-0.05, 0) is 67.0 Å². The van der Waals surface area contributed by atoms with E-state index in [1.54, 1.807) is 59.4 Å². The summed E-state index contributed by atoms with van der Waals surface area (Å²) in [5, 5.41) is 11.2. The van der Waals surface area contributed by atoms with Crippen LogP contribution in [-0.2, 0) is 20.8 Å². The highest BCUT2D eigenvalue weighted by Gasteiger charge is 2.48. The molecule has 1 N–H and O–H groups in total. The van der Waals surface area contributed by atoms with Crippen molar-refractivity contribution < 1.29 is 37.4 Å². The fraction of sp³-hybridized carbons (Fsp3) is 0.345. The number of halogens is 3. The molecule has 0 radical (unpaired) electrons. The van der Waals surface area contributed by atoms with E-state index in [-0.39, 0.29) is 24.3 Å². The molecule has 2 aromatic carbocycles. The minimum absolute atomic E-state index is 0.0995. The van der Waals surface area contributed by atoms with Gasteiger partial charge in [0.05, 0.1) is 30.9 Å². The third kappa shape index (κ3) is 5.74. The van der Waals surface area contributed by atoms with E-state index in [1.807, 2.05) is 13.1 Å². The van der Waals surface area contributed by atoms with Crippen molar-refractivity contribution in [1.82, 2.24) is 14.6 Å². The average Bonchev–Trinajstić information content (AvgIpc) is 3.53. The van der Waals surface area contributed by atoms with Crippen molar-refractivity contribution in [3.8, 4) is 11.4 Å². The number of aromatic nitrogens is 2. The summed E-state index contributed by atoms with van der Waals surface area (Å²) in [5.74, 6) is -2.79. The highest BCUT2D eigenvalue weighted by Crippen LogP contribution is 2.41. The van der Waals surface area contributed by atoms with E-state index in [4.69, 9.17) is 9.57 Å². The average molecular weight is 556 g/mol. The summed E-state index contributed by atoms with van der Waals surface area (Å²) in [6, 6.07) is 10.6. The second-order valence-corrected chi connectivity index (χ2v) is 10.1. The quantitative estimate of drug-likeness (QED) is 0.330. The van der Waals surface area contributed by atoms with Gasteiger partial charge in [-0.3, -0.25) is 4.79 Å². The maximum atomic E-state index is 13.9. The van der Waals surface area contributed by atoms with Gasteiger partial charge in [0.25, 0.3) is 5.91 Å². The van der Waals surface area contributed by atoms with Crippen LogP contribution in [0.1, 0.15) is 47.7 Å². The zero-order valence-electron chi connectivity index (χ0n) is 21.9. The number of carbonyl (C=O) groups is 2. The Morgan fingerprint density at radius 3 is 2.60 bits per heavy atom. The molecular weight excluding hydrogens is 527 g/mol. The van der Waals surface area contributed by atoms with Gasteiger partial charge >= 0.3 is 12.1 Å². The Kier molecular flexibility index (Phi) is 7.41. The number of methoxy groups -OCH3 is 1. The Labute approximate surface area is 228 Å². The number of aliphatic hydroxyl groups excluding tert-OH is 1. The van der Waals surface area contributed by atoms with E-state index in [1.165, 1.54) is 7.11 Å². The summed E-state index contributed by atoms with van der Waals surface area (Å²) in [7, 11) is 1.50. The van der Waals surface area contributed by atoms with E-state index in [0.717, 1.165) is 18.5 Å². The number of rotatable bonds is 7. The summed E-state index contributed by atoms with van der Waals surface area (Å²) >= 11 is 0. The number of hydroxylamine groups is 2. The van der Waals surface area contributed by atoms with Gasteiger partial charge in [0.15, 0.2) is 0 Å². The number of nitrogens with zero attached hydrogens (tertiary/aromatic N) is 3. The Hall–Kier alpha value is -4.12. The lowest BCUT2D eigenvalue weighted by Crippen LogP contribution is -2.44. The van der Waals surface area contributed by atoms with E-state index < -0.39 is 30.2 Å². The fourth-order valence-electron chi connectivity index (χ4n) is 4.94. The molecule has 1 heterocycles. The van der Waals surface area contributed by atoms with Crippen LogP contribution in [0.5, 0.6) is 5.75 Å². The zero-order chi connectivity index (χ0) is 28.6. The van der Waals surface area contributed by atoms with Gasteiger partial charge in [-0.15, -0.1) is 0 Å². The molecule has 0 aliphatic heterocycles. The molecule has 3 aromatic rings. The minimum atomic E-state index is -5.34. The predicted molar refractivity (Wildman–Crippen MR) is 138 cm³/mol. The molecule has 40 heavy (non-hydrogen) atoms. The first-order valence-electron chi connectivity index (χ1n) is 12.8. The van der Waals surface area contributed by atoms with Crippen LogP contribution < -0.4 is 4.74 Å². The number of ether oxygens (including phenoxy) is 1. The highest BCUT2D eigenvalue weighted by molar-refractivity contribution is 5.98. The largest absolute Gasteiger partial charge is 0.495 e. The van der Waals surface area contributed by atoms with Gasteiger partial charge in [0.2, 0.25) is 0 Å². The SMILES string of the molecule is COc1cc(/C=C(\CC2CC2)C(=O)N(OC(=O)C(F)(F)F)[C@@H]2c3ccccc3C[C@@H]2O)ccc1-n1cnc(C)c1. The van der Waals surface area contributed by atoms with Crippen molar-refractivity contribution in [2.24, 2.45) is 5.92 Å². The topological polar surface area (TPSA) is 93.9 Å². The third-order valence-electron chi connectivity index (χ3n) is 7.05. The van der Waals surface area contributed by atoms with Gasteiger partial charge in [-0.25, -0.2) is 9.78 Å². The van der Waals surface area contributed by atoms with Crippen molar-refractivity contribution in [3.05, 3.63) is 82.9 Å². The molecule has 1 saturated carbocycles. The van der Waals surface area contributed by atoms with Gasteiger partial charge in [-0.1, -0.05) is 30.3 Å². The molecule has 1 amide bonds. The second-order valence-electron chi connectivity index (χ2n) is 10.1. The van der Waals surface area contributed by atoms with Gasteiger partial charge < -0.3 is 19.2 Å². The van der Waals surface area contributed by atoms with Gasteiger partial charge in [0.1, 0.15) is 11.8 Å². The van der Waals surface area contributed by atoms with E-state index in [2.05, 4.69) is 4.98 Å². The maximum absolute atomic E-state index is 13.9. The van der Waals surface area contributed by atoms with Gasteiger partial charge in [0, 0.05) is 18.2 Å². The molecule has 210 valence electrons. The molecule has 0 saturated heterocycles. The molecule has 0 unspecified atom stereocenters. The number of aryl methyl sites for hydroxylation is 1. The normalized spacial score (nSPS) is 18.8. The molecule has 2 aliphatic rings. The number of aliphatic hydroxyl groups is 1. The second kappa shape index (κ2) is 10.8. The van der Waals surface area contributed by atoms with Crippen LogP contribution in [0.2, 0.25) is 0 Å². The van der Waals surface area contributed by atoms with E-state index in [0.29, 0.717) is 33.2 Å². The summed E-state index contributed by atoms with van der Waals surface area (Å²) in [5.41, 5.74) is 3.32. The van der Waals surface area contributed by atoms with E-state index >= 15 is 0 Å². The lowest BCUT2D eigenvalue weighted by molar-refractivity contribution is -0.247. The lowest BCUT2D eigenvalue weighted by Gasteiger charge is -2.30. The molecule has 1 aromatic heterocycles. The summed E-state index contributed by atoms with van der Waals surface area (Å²) in [4.78, 5) is 34.8. The highest BCUT2D eigenvalue weighted by atomic mass is 19.4. The number of alkyl halides is 3. The summed E-state index contributed by atoms with van der Waals surface area (Å²) in [6.45, 7) is 1.85. The number of hydrogen-bond donors (Lipinski definition) is 1. The van der Waals surface area contributed by atoms with Crippen LogP contribution in [0.3, 0.4) is 0 Å². The molecule has 11 heteroatoms. The number of carbonyl (C=O) groups excluding carboxylic acids is 2. The van der Waals surface area contributed by atoms with E-state index in [9.17, 15) is 27.9 Å². The Bertz CT molecular complexity index is 1460. The Morgan fingerprint density at radius 1 is 1.20 bits per heavy atom. The lowest BCUT2D eigenvalue weighted by atomic mass is 10.0. The van der Waals surface area contributed by atoms with Crippen molar-refractivity contribution in [1.29, 1.82) is 0 Å². The minimum Gasteiger partial charge on any atom is -0.495 e. The van der Waals surface area contributed by atoms with Crippen molar-refractivity contribution in [2.75, 3.05) is 7.11 Å². The zero-order valence-corrected chi connectivity index (χ0v) is 21.9. The first-order chi connectivity index (χ1) is 19.0. The number of benzene rings is 2. The molecular formula is C29H28F3N3O5. The number of amides is 1. The van der Waals surface area contributed by atoms with Crippen LogP contribution in [0.4, 0.5) is 13.2 Å². The van der Waals surface area contributed by atoms with Crippen LogP contribution in [0.25, 0.3) is 11.8 Å². The number of fused-ring (bicyclic) bond motifs is 1. The van der Waals surface area contributed by atoms with Crippen molar-refractivity contribution >= 4 is 18.0 Å². The number of hydrogen-bond acceptors (Lipinski definition) is 6. The first kappa shape index (κ1) is 27.4. The van der Waals surface area contributed by atoms with Crippen molar-refractivity contribution in [2.45, 2.75) is 50.9 Å². The van der Waals surface area contributed by atoms with Gasteiger partial charge in [-0.2, -0.15) is 18.2 Å². The smallest absolute Gasteiger partial charge is 0.493 e.